The Balaban J connectivity index is 1.96. The molecule has 20 heavy (non-hydrogen) atoms. The van der Waals surface area contributed by atoms with Crippen LogP contribution in [0.5, 0.6) is 5.75 Å². The van der Waals surface area contributed by atoms with Gasteiger partial charge in [-0.3, -0.25) is 4.79 Å². The molecule has 102 valence electrons. The molecule has 0 aliphatic carbocycles. The molecule has 0 aliphatic rings. The zero-order chi connectivity index (χ0) is 14.4. The lowest BCUT2D eigenvalue weighted by Crippen LogP contribution is -2.13. The highest BCUT2D eigenvalue weighted by molar-refractivity contribution is 6.30. The number of amides is 1. The van der Waals surface area contributed by atoms with Crippen molar-refractivity contribution in [3.8, 4) is 5.75 Å². The SMILES string of the molecule is CC(=COc1ccccc1)C(=O)Nc1ccc(Cl)cc1. The third-order valence-corrected chi connectivity index (χ3v) is 2.83. The number of carbonyl (C=O) groups is 1. The number of anilines is 1. The van der Waals surface area contributed by atoms with Gasteiger partial charge in [0.25, 0.3) is 5.91 Å². The highest BCUT2D eigenvalue weighted by atomic mass is 35.5. The molecule has 0 aliphatic heterocycles. The first-order chi connectivity index (χ1) is 9.65. The fraction of sp³-hybridized carbons (Fsp3) is 0.0625. The van der Waals surface area contributed by atoms with Crippen LogP contribution in [0, 0.1) is 0 Å². The maximum absolute atomic E-state index is 11.9. The molecule has 2 rings (SSSR count). The number of rotatable bonds is 4. The Hall–Kier alpha value is -2.26. The van der Waals surface area contributed by atoms with Crippen LogP contribution in [0.3, 0.4) is 0 Å². The molecule has 4 heteroatoms. The van der Waals surface area contributed by atoms with Gasteiger partial charge in [0, 0.05) is 16.3 Å². The smallest absolute Gasteiger partial charge is 0.254 e. The van der Waals surface area contributed by atoms with Crippen molar-refractivity contribution < 1.29 is 9.53 Å². The first-order valence-electron chi connectivity index (χ1n) is 6.10. The molecule has 0 bridgehead atoms. The van der Waals surface area contributed by atoms with Gasteiger partial charge in [-0.15, -0.1) is 0 Å². The van der Waals surface area contributed by atoms with Crippen LogP contribution >= 0.6 is 11.6 Å². The Bertz CT molecular complexity index is 606. The number of nitrogens with one attached hydrogen (secondary N) is 1. The lowest BCUT2D eigenvalue weighted by atomic mass is 10.2. The molecular formula is C16H14ClNO2. The van der Waals surface area contributed by atoms with Crippen molar-refractivity contribution >= 4 is 23.2 Å². The minimum absolute atomic E-state index is 0.219. The van der Waals surface area contributed by atoms with Crippen LogP contribution in [-0.2, 0) is 4.79 Å². The van der Waals surface area contributed by atoms with Crippen LogP contribution in [0.15, 0.2) is 66.4 Å². The van der Waals surface area contributed by atoms with Gasteiger partial charge in [-0.2, -0.15) is 0 Å². The lowest BCUT2D eigenvalue weighted by Gasteiger charge is -2.06. The molecule has 0 unspecified atom stereocenters. The Morgan fingerprint density at radius 3 is 2.40 bits per heavy atom. The summed E-state index contributed by atoms with van der Waals surface area (Å²) in [6.45, 7) is 1.69. The summed E-state index contributed by atoms with van der Waals surface area (Å²) in [5.74, 6) is 0.467. The van der Waals surface area contributed by atoms with E-state index in [1.54, 1.807) is 31.2 Å². The van der Waals surface area contributed by atoms with Crippen LogP contribution < -0.4 is 10.1 Å². The van der Waals surface area contributed by atoms with E-state index in [1.165, 1.54) is 6.26 Å². The normalized spacial score (nSPS) is 11.0. The van der Waals surface area contributed by atoms with E-state index in [-0.39, 0.29) is 5.91 Å². The first-order valence-corrected chi connectivity index (χ1v) is 6.48. The summed E-state index contributed by atoms with van der Waals surface area (Å²) in [5.41, 5.74) is 1.16. The van der Waals surface area contributed by atoms with Crippen LogP contribution in [0.1, 0.15) is 6.92 Å². The fourth-order valence-electron chi connectivity index (χ4n) is 1.47. The summed E-state index contributed by atoms with van der Waals surface area (Å²) in [4.78, 5) is 11.9. The number of carbonyl (C=O) groups excluding carboxylic acids is 1. The zero-order valence-corrected chi connectivity index (χ0v) is 11.7. The number of hydrogen-bond acceptors (Lipinski definition) is 2. The standard InChI is InChI=1S/C16H14ClNO2/c1-12(11-20-15-5-3-2-4-6-15)16(19)18-14-9-7-13(17)8-10-14/h2-11H,1H3,(H,18,19). The Kier molecular flexibility index (Phi) is 4.80. The average molecular weight is 288 g/mol. The highest BCUT2D eigenvalue weighted by Crippen LogP contribution is 2.14. The second kappa shape index (κ2) is 6.78. The van der Waals surface area contributed by atoms with Gasteiger partial charge in [-0.1, -0.05) is 29.8 Å². The van der Waals surface area contributed by atoms with Crippen molar-refractivity contribution in [1.82, 2.24) is 0 Å². The van der Waals surface area contributed by atoms with Gasteiger partial charge in [-0.05, 0) is 43.3 Å². The monoisotopic (exact) mass is 287 g/mol. The van der Waals surface area contributed by atoms with E-state index in [9.17, 15) is 4.79 Å². The maximum atomic E-state index is 11.9. The topological polar surface area (TPSA) is 38.3 Å². The van der Waals surface area contributed by atoms with E-state index in [4.69, 9.17) is 16.3 Å². The van der Waals surface area contributed by atoms with Crippen LogP contribution in [0.4, 0.5) is 5.69 Å². The first kappa shape index (κ1) is 14.2. The maximum Gasteiger partial charge on any atom is 0.254 e. The van der Waals surface area contributed by atoms with Crippen molar-refractivity contribution in [3.05, 3.63) is 71.5 Å². The van der Waals surface area contributed by atoms with E-state index < -0.39 is 0 Å². The van der Waals surface area contributed by atoms with Crippen LogP contribution in [-0.4, -0.2) is 5.91 Å². The van der Waals surface area contributed by atoms with E-state index in [1.807, 2.05) is 30.3 Å². The van der Waals surface area contributed by atoms with Crippen molar-refractivity contribution in [2.24, 2.45) is 0 Å². The molecular weight excluding hydrogens is 274 g/mol. The Morgan fingerprint density at radius 2 is 1.75 bits per heavy atom. The van der Waals surface area contributed by atoms with Crippen molar-refractivity contribution in [2.75, 3.05) is 5.32 Å². The summed E-state index contributed by atoms with van der Waals surface area (Å²) in [7, 11) is 0. The summed E-state index contributed by atoms with van der Waals surface area (Å²) in [5, 5.41) is 3.39. The number of halogens is 1. The van der Waals surface area contributed by atoms with Gasteiger partial charge in [0.05, 0.1) is 6.26 Å². The van der Waals surface area contributed by atoms with E-state index in [0.717, 1.165) is 0 Å². The van der Waals surface area contributed by atoms with Gasteiger partial charge >= 0.3 is 0 Å². The molecule has 1 N–H and O–H groups in total. The van der Waals surface area contributed by atoms with Gasteiger partial charge in [0.15, 0.2) is 0 Å². The summed E-state index contributed by atoms with van der Waals surface area (Å²) < 4.78 is 5.40. The molecule has 3 nitrogen and oxygen atoms in total. The average Bonchev–Trinajstić information content (AvgIpc) is 2.48. The number of para-hydroxylation sites is 1. The third kappa shape index (κ3) is 4.14. The van der Waals surface area contributed by atoms with Gasteiger partial charge < -0.3 is 10.1 Å². The highest BCUT2D eigenvalue weighted by Gasteiger charge is 2.05. The van der Waals surface area contributed by atoms with Gasteiger partial charge in [0.1, 0.15) is 5.75 Å². The molecule has 0 heterocycles. The fourth-order valence-corrected chi connectivity index (χ4v) is 1.60. The quantitative estimate of drug-likeness (QED) is 0.674. The second-order valence-electron chi connectivity index (χ2n) is 4.19. The number of hydrogen-bond donors (Lipinski definition) is 1. The molecule has 0 fully saturated rings. The third-order valence-electron chi connectivity index (χ3n) is 2.58. The van der Waals surface area contributed by atoms with E-state index in [2.05, 4.69) is 5.32 Å². The summed E-state index contributed by atoms with van der Waals surface area (Å²) in [6.07, 6.45) is 1.43. The molecule has 2 aromatic carbocycles. The summed E-state index contributed by atoms with van der Waals surface area (Å²) >= 11 is 5.78. The number of benzene rings is 2. The van der Waals surface area contributed by atoms with Crippen molar-refractivity contribution in [2.45, 2.75) is 6.92 Å². The minimum atomic E-state index is -0.219. The van der Waals surface area contributed by atoms with Crippen molar-refractivity contribution in [3.63, 3.8) is 0 Å². The molecule has 0 saturated heterocycles. The largest absolute Gasteiger partial charge is 0.465 e. The van der Waals surface area contributed by atoms with Crippen molar-refractivity contribution in [1.29, 1.82) is 0 Å². The Morgan fingerprint density at radius 1 is 1.10 bits per heavy atom. The van der Waals surface area contributed by atoms with Crippen LogP contribution in [0.2, 0.25) is 5.02 Å². The molecule has 2 aromatic rings. The zero-order valence-electron chi connectivity index (χ0n) is 11.0. The van der Waals surface area contributed by atoms with E-state index in [0.29, 0.717) is 22.0 Å². The van der Waals surface area contributed by atoms with Crippen LogP contribution in [0.25, 0.3) is 0 Å². The van der Waals surface area contributed by atoms with E-state index >= 15 is 0 Å². The summed E-state index contributed by atoms with van der Waals surface area (Å²) in [6, 6.07) is 16.2. The molecule has 0 atom stereocenters. The van der Waals surface area contributed by atoms with Gasteiger partial charge in [-0.25, -0.2) is 0 Å². The molecule has 0 saturated carbocycles. The number of ether oxygens (including phenoxy) is 1. The lowest BCUT2D eigenvalue weighted by molar-refractivity contribution is -0.112. The second-order valence-corrected chi connectivity index (χ2v) is 4.63. The predicted molar refractivity (Wildman–Crippen MR) is 80.9 cm³/mol. The molecule has 0 spiro atoms. The molecule has 0 aromatic heterocycles. The van der Waals surface area contributed by atoms with Gasteiger partial charge in [0.2, 0.25) is 0 Å². The molecule has 1 amide bonds. The Labute approximate surface area is 122 Å². The molecule has 0 radical (unpaired) electrons. The predicted octanol–water partition coefficient (Wildman–Crippen LogP) is 4.26. The minimum Gasteiger partial charge on any atom is -0.465 e.